The molecular formula is C12H19NS. The molecule has 1 saturated carbocycles. The van der Waals surface area contributed by atoms with Crippen molar-refractivity contribution >= 4 is 11.3 Å². The molecule has 1 heterocycles. The molecule has 0 bridgehead atoms. The summed E-state index contributed by atoms with van der Waals surface area (Å²) < 4.78 is 0. The van der Waals surface area contributed by atoms with Crippen molar-refractivity contribution in [1.29, 1.82) is 0 Å². The van der Waals surface area contributed by atoms with Gasteiger partial charge >= 0.3 is 0 Å². The summed E-state index contributed by atoms with van der Waals surface area (Å²) in [5, 5.41) is 7.95. The summed E-state index contributed by atoms with van der Waals surface area (Å²) in [4.78, 5) is 0. The molecule has 0 radical (unpaired) electrons. The van der Waals surface area contributed by atoms with Gasteiger partial charge in [0.1, 0.15) is 0 Å². The Labute approximate surface area is 90.5 Å². The lowest BCUT2D eigenvalue weighted by Crippen LogP contribution is -2.26. The summed E-state index contributed by atoms with van der Waals surface area (Å²) in [6.07, 6.45) is 7.10. The zero-order valence-electron chi connectivity index (χ0n) is 8.83. The molecule has 2 heteroatoms. The molecule has 1 atom stereocenters. The Bertz CT molecular complexity index is 249. The largest absolute Gasteiger partial charge is 0.313 e. The maximum Gasteiger partial charge on any atom is 0.0354 e. The molecule has 1 fully saturated rings. The summed E-state index contributed by atoms with van der Waals surface area (Å²) in [6.45, 7) is 0. The molecule has 0 aromatic carbocycles. The Hall–Kier alpha value is -0.340. The highest BCUT2D eigenvalue weighted by molar-refractivity contribution is 7.07. The third-order valence-electron chi connectivity index (χ3n) is 3.33. The van der Waals surface area contributed by atoms with Crippen molar-refractivity contribution in [3.8, 4) is 0 Å². The van der Waals surface area contributed by atoms with Crippen molar-refractivity contribution < 1.29 is 0 Å². The average molecular weight is 209 g/mol. The summed E-state index contributed by atoms with van der Waals surface area (Å²) in [5.41, 5.74) is 1.49. The van der Waals surface area contributed by atoms with Crippen molar-refractivity contribution in [1.82, 2.24) is 5.32 Å². The minimum Gasteiger partial charge on any atom is -0.313 e. The van der Waals surface area contributed by atoms with Gasteiger partial charge < -0.3 is 5.32 Å². The SMILES string of the molecule is CNC(c1ccsc1)C1CCCCC1. The molecule has 1 aromatic heterocycles. The molecule has 1 unspecified atom stereocenters. The Morgan fingerprint density at radius 2 is 2.14 bits per heavy atom. The maximum absolute atomic E-state index is 3.48. The van der Waals surface area contributed by atoms with Crippen LogP contribution >= 0.6 is 11.3 Å². The van der Waals surface area contributed by atoms with E-state index >= 15 is 0 Å². The van der Waals surface area contributed by atoms with Crippen LogP contribution < -0.4 is 5.32 Å². The first-order valence-corrected chi connectivity index (χ1v) is 6.55. The van der Waals surface area contributed by atoms with Gasteiger partial charge in [0.05, 0.1) is 0 Å². The Balaban J connectivity index is 2.04. The highest BCUT2D eigenvalue weighted by Crippen LogP contribution is 2.34. The van der Waals surface area contributed by atoms with Crippen LogP contribution in [-0.4, -0.2) is 7.05 Å². The predicted molar refractivity (Wildman–Crippen MR) is 62.7 cm³/mol. The van der Waals surface area contributed by atoms with Gasteiger partial charge in [-0.05, 0) is 48.2 Å². The normalized spacial score (nSPS) is 20.9. The Morgan fingerprint density at radius 3 is 2.71 bits per heavy atom. The van der Waals surface area contributed by atoms with Gasteiger partial charge in [-0.25, -0.2) is 0 Å². The van der Waals surface area contributed by atoms with E-state index in [1.54, 1.807) is 0 Å². The third kappa shape index (κ3) is 2.18. The van der Waals surface area contributed by atoms with E-state index in [4.69, 9.17) is 0 Å². The first-order chi connectivity index (χ1) is 6.92. The van der Waals surface area contributed by atoms with E-state index in [1.165, 1.54) is 37.7 Å². The Morgan fingerprint density at radius 1 is 1.36 bits per heavy atom. The predicted octanol–water partition coefficient (Wildman–Crippen LogP) is 3.59. The monoisotopic (exact) mass is 209 g/mol. The molecule has 1 N–H and O–H groups in total. The molecule has 2 rings (SSSR count). The molecule has 1 nitrogen and oxygen atoms in total. The highest BCUT2D eigenvalue weighted by Gasteiger charge is 2.23. The molecule has 0 saturated heterocycles. The van der Waals surface area contributed by atoms with Gasteiger partial charge in [0.25, 0.3) is 0 Å². The van der Waals surface area contributed by atoms with Gasteiger partial charge in [-0.1, -0.05) is 19.3 Å². The lowest BCUT2D eigenvalue weighted by molar-refractivity contribution is 0.282. The molecule has 1 aliphatic rings. The number of rotatable bonds is 3. The van der Waals surface area contributed by atoms with Gasteiger partial charge in [-0.2, -0.15) is 11.3 Å². The van der Waals surface area contributed by atoms with Crippen LogP contribution in [0.2, 0.25) is 0 Å². The van der Waals surface area contributed by atoms with Crippen LogP contribution in [0.25, 0.3) is 0 Å². The molecule has 1 aromatic rings. The van der Waals surface area contributed by atoms with Crippen LogP contribution in [-0.2, 0) is 0 Å². The van der Waals surface area contributed by atoms with E-state index in [-0.39, 0.29) is 0 Å². The summed E-state index contributed by atoms with van der Waals surface area (Å²) in [5.74, 6) is 0.864. The van der Waals surface area contributed by atoms with E-state index in [0.717, 1.165) is 5.92 Å². The van der Waals surface area contributed by atoms with E-state index in [9.17, 15) is 0 Å². The second kappa shape index (κ2) is 4.94. The maximum atomic E-state index is 3.48. The fourth-order valence-electron chi connectivity index (χ4n) is 2.59. The molecule has 1 aliphatic carbocycles. The van der Waals surface area contributed by atoms with E-state index < -0.39 is 0 Å². The zero-order valence-corrected chi connectivity index (χ0v) is 9.65. The molecule has 0 amide bonds. The van der Waals surface area contributed by atoms with Crippen LogP contribution in [0.1, 0.15) is 43.7 Å². The molecule has 0 spiro atoms. The van der Waals surface area contributed by atoms with Gasteiger partial charge in [0.15, 0.2) is 0 Å². The van der Waals surface area contributed by atoms with Crippen molar-refractivity contribution in [2.24, 2.45) is 5.92 Å². The fourth-order valence-corrected chi connectivity index (χ4v) is 3.29. The van der Waals surface area contributed by atoms with Crippen molar-refractivity contribution in [3.05, 3.63) is 22.4 Å². The Kier molecular flexibility index (Phi) is 3.60. The molecule has 0 aliphatic heterocycles. The number of hydrogen-bond donors (Lipinski definition) is 1. The second-order valence-corrected chi connectivity index (χ2v) is 5.00. The van der Waals surface area contributed by atoms with Crippen LogP contribution in [0, 0.1) is 5.92 Å². The van der Waals surface area contributed by atoms with Crippen LogP contribution in [0.4, 0.5) is 0 Å². The molecular weight excluding hydrogens is 190 g/mol. The summed E-state index contributed by atoms with van der Waals surface area (Å²) in [7, 11) is 2.09. The first-order valence-electron chi connectivity index (χ1n) is 5.61. The standard InChI is InChI=1S/C12H19NS/c1-13-12(11-7-8-14-9-11)10-5-3-2-4-6-10/h7-10,12-13H,2-6H2,1H3. The smallest absolute Gasteiger partial charge is 0.0354 e. The number of hydrogen-bond acceptors (Lipinski definition) is 2. The van der Waals surface area contributed by atoms with Crippen molar-refractivity contribution in [2.75, 3.05) is 7.05 Å². The number of nitrogens with one attached hydrogen (secondary N) is 1. The quantitative estimate of drug-likeness (QED) is 0.802. The minimum absolute atomic E-state index is 0.599. The van der Waals surface area contributed by atoms with E-state index in [2.05, 4.69) is 29.2 Å². The lowest BCUT2D eigenvalue weighted by atomic mass is 9.82. The van der Waals surface area contributed by atoms with Gasteiger partial charge in [0.2, 0.25) is 0 Å². The first kappa shape index (κ1) is 10.2. The third-order valence-corrected chi connectivity index (χ3v) is 4.04. The number of thiophene rings is 1. The van der Waals surface area contributed by atoms with Crippen LogP contribution in [0.5, 0.6) is 0 Å². The van der Waals surface area contributed by atoms with Crippen molar-refractivity contribution in [3.63, 3.8) is 0 Å². The van der Waals surface area contributed by atoms with Crippen LogP contribution in [0.15, 0.2) is 16.8 Å². The topological polar surface area (TPSA) is 12.0 Å². The summed E-state index contributed by atoms with van der Waals surface area (Å²) in [6, 6.07) is 2.86. The lowest BCUT2D eigenvalue weighted by Gasteiger charge is -2.29. The zero-order chi connectivity index (χ0) is 9.80. The average Bonchev–Trinajstić information content (AvgIpc) is 2.74. The van der Waals surface area contributed by atoms with Gasteiger partial charge in [-0.15, -0.1) is 0 Å². The molecule has 78 valence electrons. The van der Waals surface area contributed by atoms with Gasteiger partial charge in [0, 0.05) is 6.04 Å². The highest BCUT2D eigenvalue weighted by atomic mass is 32.1. The second-order valence-electron chi connectivity index (χ2n) is 4.22. The van der Waals surface area contributed by atoms with E-state index in [1.807, 2.05) is 11.3 Å². The fraction of sp³-hybridized carbons (Fsp3) is 0.667. The summed E-state index contributed by atoms with van der Waals surface area (Å²) >= 11 is 1.81. The van der Waals surface area contributed by atoms with Crippen molar-refractivity contribution in [2.45, 2.75) is 38.1 Å². The molecule has 14 heavy (non-hydrogen) atoms. The van der Waals surface area contributed by atoms with Crippen LogP contribution in [0.3, 0.4) is 0 Å². The van der Waals surface area contributed by atoms with Gasteiger partial charge in [-0.3, -0.25) is 0 Å². The van der Waals surface area contributed by atoms with E-state index in [0.29, 0.717) is 6.04 Å². The minimum atomic E-state index is 0.599.